The van der Waals surface area contributed by atoms with E-state index in [-0.39, 0.29) is 0 Å². The quantitative estimate of drug-likeness (QED) is 0.460. The predicted octanol–water partition coefficient (Wildman–Crippen LogP) is 2.67. The van der Waals surface area contributed by atoms with E-state index in [0.29, 0.717) is 6.61 Å². The summed E-state index contributed by atoms with van der Waals surface area (Å²) < 4.78 is 0. The molecule has 0 radical (unpaired) electrons. The van der Waals surface area contributed by atoms with Crippen molar-refractivity contribution in [2.24, 2.45) is 0 Å². The topological polar surface area (TPSA) is 20.2 Å². The van der Waals surface area contributed by atoms with Gasteiger partial charge >= 0.3 is 0 Å². The highest BCUT2D eigenvalue weighted by Gasteiger charge is 1.80. The summed E-state index contributed by atoms with van der Waals surface area (Å²) in [5.41, 5.74) is 0. The molecular formula is C10H18O. The van der Waals surface area contributed by atoms with E-state index in [1.807, 2.05) is 0 Å². The van der Waals surface area contributed by atoms with Gasteiger partial charge in [0.05, 0.1) is 0 Å². The van der Waals surface area contributed by atoms with Crippen molar-refractivity contribution in [1.82, 2.24) is 0 Å². The second-order valence-electron chi connectivity index (χ2n) is 2.48. The third kappa shape index (κ3) is 9.44. The fraction of sp³-hybridized carbons (Fsp3) is 0.600. The average molecular weight is 154 g/mol. The van der Waals surface area contributed by atoms with Crippen LogP contribution < -0.4 is 0 Å². The highest BCUT2D eigenvalue weighted by Crippen LogP contribution is 1.95. The first-order valence-corrected chi connectivity index (χ1v) is 4.34. The summed E-state index contributed by atoms with van der Waals surface area (Å²) in [6, 6.07) is 0. The van der Waals surface area contributed by atoms with Crippen LogP contribution in [0, 0.1) is 0 Å². The van der Waals surface area contributed by atoms with Gasteiger partial charge in [0.1, 0.15) is 0 Å². The van der Waals surface area contributed by atoms with E-state index in [1.165, 1.54) is 0 Å². The van der Waals surface area contributed by atoms with Crippen LogP contribution in [0.1, 0.15) is 32.6 Å². The van der Waals surface area contributed by atoms with Crippen LogP contribution in [0.5, 0.6) is 0 Å². The molecule has 0 aliphatic heterocycles. The predicted molar refractivity (Wildman–Crippen MR) is 49.5 cm³/mol. The summed E-state index contributed by atoms with van der Waals surface area (Å²) in [4.78, 5) is 0. The molecule has 0 fully saturated rings. The van der Waals surface area contributed by atoms with E-state index in [0.717, 1.165) is 25.7 Å². The smallest absolute Gasteiger partial charge is 0.0431 e. The Bertz CT molecular complexity index is 114. The molecule has 1 N–H and O–H groups in total. The van der Waals surface area contributed by atoms with Crippen LogP contribution in [0.15, 0.2) is 24.3 Å². The number of unbranched alkanes of at least 4 members (excludes halogenated alkanes) is 2. The molecule has 0 unspecified atom stereocenters. The Hall–Kier alpha value is -0.560. The highest BCUT2D eigenvalue weighted by atomic mass is 16.2. The van der Waals surface area contributed by atoms with Gasteiger partial charge in [0.15, 0.2) is 0 Å². The minimum Gasteiger partial charge on any atom is -0.396 e. The molecule has 0 saturated carbocycles. The lowest BCUT2D eigenvalue weighted by molar-refractivity contribution is 0.285. The zero-order valence-corrected chi connectivity index (χ0v) is 7.29. The summed E-state index contributed by atoms with van der Waals surface area (Å²) in [7, 11) is 0. The molecule has 0 saturated heterocycles. The van der Waals surface area contributed by atoms with Crippen LogP contribution in [-0.4, -0.2) is 11.7 Å². The van der Waals surface area contributed by atoms with Gasteiger partial charge in [0.25, 0.3) is 0 Å². The normalized spacial score (nSPS) is 11.8. The van der Waals surface area contributed by atoms with Gasteiger partial charge in [-0.2, -0.15) is 0 Å². The van der Waals surface area contributed by atoms with E-state index >= 15 is 0 Å². The number of allylic oxidation sites excluding steroid dienone is 4. The van der Waals surface area contributed by atoms with Gasteiger partial charge in [-0.15, -0.1) is 0 Å². The lowest BCUT2D eigenvalue weighted by atomic mass is 10.2. The van der Waals surface area contributed by atoms with Crippen molar-refractivity contribution >= 4 is 0 Å². The standard InChI is InChI=1S/C10H18O/c1-2-3-4-5-6-7-8-9-10-11/h3-6,11H,2,7-10H2,1H3/b4-3+,6-5-. The Kier molecular flexibility index (Phi) is 8.96. The molecule has 0 aromatic rings. The maximum atomic E-state index is 8.47. The summed E-state index contributed by atoms with van der Waals surface area (Å²) in [5.74, 6) is 0. The molecule has 0 bridgehead atoms. The molecule has 0 atom stereocenters. The lowest BCUT2D eigenvalue weighted by Gasteiger charge is -1.89. The van der Waals surface area contributed by atoms with Gasteiger partial charge in [-0.3, -0.25) is 0 Å². The molecule has 0 aliphatic carbocycles. The summed E-state index contributed by atoms with van der Waals surface area (Å²) in [6.45, 7) is 2.44. The van der Waals surface area contributed by atoms with Gasteiger partial charge in [-0.1, -0.05) is 31.2 Å². The maximum absolute atomic E-state index is 8.47. The monoisotopic (exact) mass is 154 g/mol. The van der Waals surface area contributed by atoms with Crippen molar-refractivity contribution in [2.45, 2.75) is 32.6 Å². The second kappa shape index (κ2) is 9.44. The number of hydrogen-bond donors (Lipinski definition) is 1. The van der Waals surface area contributed by atoms with Crippen LogP contribution >= 0.6 is 0 Å². The van der Waals surface area contributed by atoms with Crippen LogP contribution in [0.25, 0.3) is 0 Å². The molecule has 1 heteroatoms. The zero-order chi connectivity index (χ0) is 8.36. The fourth-order valence-corrected chi connectivity index (χ4v) is 0.763. The molecule has 0 amide bonds. The fourth-order valence-electron chi connectivity index (χ4n) is 0.763. The van der Waals surface area contributed by atoms with Crippen LogP contribution in [0.2, 0.25) is 0 Å². The van der Waals surface area contributed by atoms with Crippen molar-refractivity contribution in [3.63, 3.8) is 0 Å². The minimum absolute atomic E-state index is 0.318. The average Bonchev–Trinajstić information content (AvgIpc) is 2.03. The SMILES string of the molecule is CC/C=C/C=C\CCCCO. The van der Waals surface area contributed by atoms with Gasteiger partial charge in [0.2, 0.25) is 0 Å². The summed E-state index contributed by atoms with van der Waals surface area (Å²) in [6.07, 6.45) is 12.6. The molecular weight excluding hydrogens is 136 g/mol. The number of rotatable bonds is 6. The third-order valence-corrected chi connectivity index (χ3v) is 1.40. The zero-order valence-electron chi connectivity index (χ0n) is 7.29. The molecule has 0 spiro atoms. The molecule has 0 rings (SSSR count). The summed E-state index contributed by atoms with van der Waals surface area (Å²) in [5, 5.41) is 8.47. The third-order valence-electron chi connectivity index (χ3n) is 1.40. The number of aliphatic hydroxyl groups is 1. The van der Waals surface area contributed by atoms with Gasteiger partial charge in [0, 0.05) is 6.61 Å². The lowest BCUT2D eigenvalue weighted by Crippen LogP contribution is -1.79. The van der Waals surface area contributed by atoms with E-state index in [4.69, 9.17) is 5.11 Å². The Balaban J connectivity index is 3.09. The minimum atomic E-state index is 0.318. The van der Waals surface area contributed by atoms with Crippen molar-refractivity contribution in [2.75, 3.05) is 6.61 Å². The first kappa shape index (κ1) is 10.4. The van der Waals surface area contributed by atoms with Crippen LogP contribution in [0.3, 0.4) is 0 Å². The van der Waals surface area contributed by atoms with Crippen LogP contribution in [0.4, 0.5) is 0 Å². The Morgan fingerprint density at radius 1 is 1.09 bits per heavy atom. The Morgan fingerprint density at radius 2 is 1.82 bits per heavy atom. The molecule has 0 heterocycles. The van der Waals surface area contributed by atoms with E-state index in [1.54, 1.807) is 0 Å². The molecule has 0 aliphatic rings. The summed E-state index contributed by atoms with van der Waals surface area (Å²) >= 11 is 0. The van der Waals surface area contributed by atoms with Crippen molar-refractivity contribution < 1.29 is 5.11 Å². The van der Waals surface area contributed by atoms with Crippen LogP contribution in [-0.2, 0) is 0 Å². The first-order valence-electron chi connectivity index (χ1n) is 4.34. The van der Waals surface area contributed by atoms with Gasteiger partial charge < -0.3 is 5.11 Å². The van der Waals surface area contributed by atoms with Crippen molar-refractivity contribution in [1.29, 1.82) is 0 Å². The van der Waals surface area contributed by atoms with E-state index in [9.17, 15) is 0 Å². The van der Waals surface area contributed by atoms with Crippen molar-refractivity contribution in [3.8, 4) is 0 Å². The highest BCUT2D eigenvalue weighted by molar-refractivity contribution is 5.01. The van der Waals surface area contributed by atoms with Gasteiger partial charge in [-0.05, 0) is 25.7 Å². The van der Waals surface area contributed by atoms with E-state index < -0.39 is 0 Å². The molecule has 64 valence electrons. The number of aliphatic hydroxyl groups excluding tert-OH is 1. The van der Waals surface area contributed by atoms with Gasteiger partial charge in [-0.25, -0.2) is 0 Å². The Morgan fingerprint density at radius 3 is 2.45 bits per heavy atom. The maximum Gasteiger partial charge on any atom is 0.0431 e. The molecule has 0 aromatic heterocycles. The van der Waals surface area contributed by atoms with E-state index in [2.05, 4.69) is 31.2 Å². The van der Waals surface area contributed by atoms with Crippen molar-refractivity contribution in [3.05, 3.63) is 24.3 Å². The first-order chi connectivity index (χ1) is 5.41. The largest absolute Gasteiger partial charge is 0.396 e. The molecule has 0 aromatic carbocycles. The second-order valence-corrected chi connectivity index (χ2v) is 2.48. The Labute approximate surface area is 69.4 Å². The molecule has 1 nitrogen and oxygen atoms in total. The number of hydrogen-bond acceptors (Lipinski definition) is 1. The molecule has 11 heavy (non-hydrogen) atoms.